The molecule has 154 valence electrons. The number of rotatable bonds is 8. The summed E-state index contributed by atoms with van der Waals surface area (Å²) in [7, 11) is 3.82. The molecule has 3 aromatic rings. The number of halogens is 3. The lowest BCUT2D eigenvalue weighted by Gasteiger charge is -2.17. The largest absolute Gasteiger partial charge is 0.457 e. The fourth-order valence-electron chi connectivity index (χ4n) is 2.94. The van der Waals surface area contributed by atoms with Crippen molar-refractivity contribution >= 4 is 0 Å². The number of nitrogens with one attached hydrogen (secondary N) is 2. The average molecular weight is 404 g/mol. The van der Waals surface area contributed by atoms with Crippen molar-refractivity contribution in [3.63, 3.8) is 0 Å². The van der Waals surface area contributed by atoms with E-state index < -0.39 is 11.7 Å². The summed E-state index contributed by atoms with van der Waals surface area (Å²) in [6.45, 7) is 2.16. The molecule has 8 heteroatoms. The van der Waals surface area contributed by atoms with Gasteiger partial charge in [-0.05, 0) is 44.4 Å². The Morgan fingerprint density at radius 2 is 1.86 bits per heavy atom. The van der Waals surface area contributed by atoms with Crippen molar-refractivity contribution in [1.29, 1.82) is 0 Å². The Kier molecular flexibility index (Phi) is 6.56. The van der Waals surface area contributed by atoms with Crippen LogP contribution in [0.4, 0.5) is 13.2 Å². The van der Waals surface area contributed by atoms with Gasteiger partial charge in [-0.2, -0.15) is 18.3 Å². The first-order valence-corrected chi connectivity index (χ1v) is 9.18. The molecule has 0 amide bonds. The van der Waals surface area contributed by atoms with Gasteiger partial charge in [-0.3, -0.25) is 5.10 Å². The highest BCUT2D eigenvalue weighted by molar-refractivity contribution is 5.66. The molecule has 2 N–H and O–H groups in total. The summed E-state index contributed by atoms with van der Waals surface area (Å²) in [5.41, 5.74) is 0.862. The predicted molar refractivity (Wildman–Crippen MR) is 106 cm³/mol. The summed E-state index contributed by atoms with van der Waals surface area (Å²) in [5.74, 6) is 0.574. The van der Waals surface area contributed by atoms with Crippen LogP contribution in [0.2, 0.25) is 0 Å². The molecule has 0 unspecified atom stereocenters. The van der Waals surface area contributed by atoms with Gasteiger partial charge in [0.15, 0.2) is 0 Å². The van der Waals surface area contributed by atoms with Crippen molar-refractivity contribution in [2.45, 2.75) is 12.7 Å². The third-order valence-electron chi connectivity index (χ3n) is 4.39. The molecule has 0 spiro atoms. The Morgan fingerprint density at radius 1 is 1.10 bits per heavy atom. The van der Waals surface area contributed by atoms with Crippen molar-refractivity contribution in [1.82, 2.24) is 20.4 Å². The van der Waals surface area contributed by atoms with Crippen molar-refractivity contribution in [3.8, 4) is 22.8 Å². The van der Waals surface area contributed by atoms with E-state index >= 15 is 0 Å². The summed E-state index contributed by atoms with van der Waals surface area (Å²) in [6.07, 6.45) is -2.78. The number of hydrogen-bond acceptors (Lipinski definition) is 4. The van der Waals surface area contributed by atoms with Crippen LogP contribution in [0, 0.1) is 0 Å². The molecule has 0 aliphatic heterocycles. The van der Waals surface area contributed by atoms with Gasteiger partial charge in [0.05, 0.1) is 11.3 Å². The number of likely N-dealkylation sites (N-methyl/N-ethyl adjacent to an activating group) is 2. The van der Waals surface area contributed by atoms with Gasteiger partial charge in [-0.15, -0.1) is 0 Å². The molecule has 0 saturated heterocycles. The van der Waals surface area contributed by atoms with Gasteiger partial charge in [0.2, 0.25) is 0 Å². The lowest BCUT2D eigenvalue weighted by atomic mass is 10.0. The predicted octanol–water partition coefficient (Wildman–Crippen LogP) is 4.54. The molecule has 0 saturated carbocycles. The molecule has 5 nitrogen and oxygen atoms in total. The number of para-hydroxylation sites is 1. The molecule has 0 atom stereocenters. The van der Waals surface area contributed by atoms with Gasteiger partial charge in [0.1, 0.15) is 11.5 Å². The molecule has 0 fully saturated rings. The zero-order valence-corrected chi connectivity index (χ0v) is 16.3. The second kappa shape index (κ2) is 9.11. The summed E-state index contributed by atoms with van der Waals surface area (Å²) in [4.78, 5) is 2.07. The van der Waals surface area contributed by atoms with E-state index in [-0.39, 0.29) is 5.75 Å². The maximum absolute atomic E-state index is 13.5. The minimum atomic E-state index is -4.50. The molecular weight excluding hydrogens is 381 g/mol. The van der Waals surface area contributed by atoms with Crippen LogP contribution in [-0.2, 0) is 12.7 Å². The third kappa shape index (κ3) is 5.58. The second-order valence-electron chi connectivity index (χ2n) is 6.76. The van der Waals surface area contributed by atoms with Gasteiger partial charge < -0.3 is 15.0 Å². The monoisotopic (exact) mass is 404 g/mol. The number of aromatic amines is 1. The van der Waals surface area contributed by atoms with Crippen molar-refractivity contribution in [2.24, 2.45) is 0 Å². The fraction of sp³-hybridized carbons (Fsp3) is 0.286. The van der Waals surface area contributed by atoms with E-state index in [0.717, 1.165) is 30.8 Å². The van der Waals surface area contributed by atoms with Gasteiger partial charge in [0.25, 0.3) is 0 Å². The van der Waals surface area contributed by atoms with Gasteiger partial charge in [-0.1, -0.05) is 18.2 Å². The minimum absolute atomic E-state index is 0.110. The third-order valence-corrected chi connectivity index (χ3v) is 4.39. The Bertz CT molecular complexity index is 925. The Labute approximate surface area is 167 Å². The van der Waals surface area contributed by atoms with Gasteiger partial charge >= 0.3 is 6.18 Å². The summed E-state index contributed by atoms with van der Waals surface area (Å²) >= 11 is 0. The zero-order valence-electron chi connectivity index (χ0n) is 16.3. The molecular formula is C21H23F3N4O. The number of hydrogen-bond donors (Lipinski definition) is 2. The van der Waals surface area contributed by atoms with E-state index in [1.165, 1.54) is 0 Å². The van der Waals surface area contributed by atoms with Gasteiger partial charge in [0, 0.05) is 37.0 Å². The van der Waals surface area contributed by atoms with E-state index in [9.17, 15) is 13.2 Å². The molecule has 2 aromatic carbocycles. The molecule has 29 heavy (non-hydrogen) atoms. The van der Waals surface area contributed by atoms with Crippen LogP contribution in [0.3, 0.4) is 0 Å². The fourth-order valence-corrected chi connectivity index (χ4v) is 2.94. The first-order chi connectivity index (χ1) is 13.9. The lowest BCUT2D eigenvalue weighted by Crippen LogP contribution is -2.27. The maximum Gasteiger partial charge on any atom is 0.416 e. The maximum atomic E-state index is 13.5. The number of benzene rings is 2. The molecule has 0 aliphatic carbocycles. The summed E-state index contributed by atoms with van der Waals surface area (Å²) in [6, 6.07) is 12.4. The molecule has 1 aromatic heterocycles. The Hall–Kier alpha value is -2.84. The number of ether oxygens (including phenoxy) is 1. The van der Waals surface area contributed by atoms with Crippen LogP contribution in [-0.4, -0.2) is 42.3 Å². The highest BCUT2D eigenvalue weighted by Gasteiger charge is 2.32. The molecule has 0 radical (unpaired) electrons. The number of alkyl halides is 3. The molecule has 0 aliphatic rings. The quantitative estimate of drug-likeness (QED) is 0.579. The van der Waals surface area contributed by atoms with E-state index in [1.807, 2.05) is 20.2 Å². The SMILES string of the molecule is CNCCN(C)Cc1c[nH]nc1-c1cc(Oc2ccccc2)cc(C(F)(F)F)c1. The summed E-state index contributed by atoms with van der Waals surface area (Å²) < 4.78 is 46.1. The highest BCUT2D eigenvalue weighted by atomic mass is 19.4. The van der Waals surface area contributed by atoms with E-state index in [0.29, 0.717) is 23.6 Å². The van der Waals surface area contributed by atoms with E-state index in [2.05, 4.69) is 20.4 Å². The van der Waals surface area contributed by atoms with E-state index in [4.69, 9.17) is 4.74 Å². The smallest absolute Gasteiger partial charge is 0.416 e. The number of nitrogens with zero attached hydrogens (tertiary/aromatic N) is 2. The van der Waals surface area contributed by atoms with Crippen molar-refractivity contribution < 1.29 is 17.9 Å². The Balaban J connectivity index is 1.95. The number of aromatic nitrogens is 2. The molecule has 3 rings (SSSR count). The topological polar surface area (TPSA) is 53.2 Å². The lowest BCUT2D eigenvalue weighted by molar-refractivity contribution is -0.137. The van der Waals surface area contributed by atoms with Crippen LogP contribution in [0.1, 0.15) is 11.1 Å². The summed E-state index contributed by atoms with van der Waals surface area (Å²) in [5, 5.41) is 10.0. The van der Waals surface area contributed by atoms with Crippen LogP contribution >= 0.6 is 0 Å². The molecule has 1 heterocycles. The van der Waals surface area contributed by atoms with E-state index in [1.54, 1.807) is 36.5 Å². The van der Waals surface area contributed by atoms with Crippen molar-refractivity contribution in [2.75, 3.05) is 27.2 Å². The average Bonchev–Trinajstić information content (AvgIpc) is 3.14. The van der Waals surface area contributed by atoms with Crippen LogP contribution < -0.4 is 10.1 Å². The first kappa shape index (κ1) is 20.9. The van der Waals surface area contributed by atoms with Crippen LogP contribution in [0.25, 0.3) is 11.3 Å². The standard InChI is InChI=1S/C21H23F3N4O/c1-25-8-9-28(2)14-16-13-26-27-20(16)15-10-17(21(22,23)24)12-19(11-15)29-18-6-4-3-5-7-18/h3-7,10-13,25H,8-9,14H2,1-2H3,(H,26,27). The van der Waals surface area contributed by atoms with Gasteiger partial charge in [-0.25, -0.2) is 0 Å². The van der Waals surface area contributed by atoms with Crippen LogP contribution in [0.15, 0.2) is 54.7 Å². The highest BCUT2D eigenvalue weighted by Crippen LogP contribution is 2.37. The number of H-pyrrole nitrogens is 1. The first-order valence-electron chi connectivity index (χ1n) is 9.18. The normalized spacial score (nSPS) is 11.8. The second-order valence-corrected chi connectivity index (χ2v) is 6.76. The van der Waals surface area contributed by atoms with Crippen molar-refractivity contribution in [3.05, 3.63) is 65.9 Å². The van der Waals surface area contributed by atoms with Crippen LogP contribution in [0.5, 0.6) is 11.5 Å². The minimum Gasteiger partial charge on any atom is -0.457 e. The molecule has 0 bridgehead atoms. The zero-order chi connectivity index (χ0) is 20.9. The Morgan fingerprint density at radius 3 is 2.55 bits per heavy atom.